The smallest absolute Gasteiger partial charge is 0.313 e. The van der Waals surface area contributed by atoms with Gasteiger partial charge in [0.1, 0.15) is 17.4 Å². The van der Waals surface area contributed by atoms with Crippen LogP contribution in [0.2, 0.25) is 0 Å². The van der Waals surface area contributed by atoms with Crippen molar-refractivity contribution in [3.63, 3.8) is 0 Å². The minimum absolute atomic E-state index is 0.452. The number of carboxylic acids is 1. The molecule has 2 heterocycles. The van der Waals surface area contributed by atoms with Gasteiger partial charge in [-0.1, -0.05) is 18.2 Å². The summed E-state index contributed by atoms with van der Waals surface area (Å²) >= 11 is 0. The van der Waals surface area contributed by atoms with Crippen molar-refractivity contribution in [2.45, 2.75) is 12.8 Å². The Morgan fingerprint density at radius 2 is 2.05 bits per heavy atom. The van der Waals surface area contributed by atoms with Gasteiger partial charge in [0.05, 0.1) is 5.52 Å². The van der Waals surface area contributed by atoms with E-state index in [1.165, 1.54) is 0 Å². The van der Waals surface area contributed by atoms with E-state index in [4.69, 9.17) is 9.52 Å². The third kappa shape index (κ3) is 2.05. The lowest BCUT2D eigenvalue weighted by Gasteiger charge is -2.04. The summed E-state index contributed by atoms with van der Waals surface area (Å²) in [5.41, 5.74) is 1.80. The maximum atomic E-state index is 11.0. The second-order valence-corrected chi connectivity index (χ2v) is 4.64. The maximum absolute atomic E-state index is 11.0. The number of aliphatic carboxylic acids is 1. The number of furan rings is 1. The van der Waals surface area contributed by atoms with Crippen LogP contribution in [-0.2, 0) is 4.79 Å². The van der Waals surface area contributed by atoms with Gasteiger partial charge in [-0.3, -0.25) is 9.78 Å². The van der Waals surface area contributed by atoms with Gasteiger partial charge in [0.25, 0.3) is 0 Å². The van der Waals surface area contributed by atoms with Gasteiger partial charge in [-0.15, -0.1) is 0 Å². The number of fused-ring (bicyclic) bond motifs is 1. The SMILES string of the molecule is CC(C(=O)O)c1ccc(-c2cccc3ncccc23)o1. The molecule has 0 saturated carbocycles. The standard InChI is InChI=1S/C16H13NO3/c1-10(16(18)19)14-7-8-15(20-14)12-4-2-6-13-11(12)5-3-9-17-13/h2-10H,1H3,(H,18,19). The Hall–Kier alpha value is -2.62. The first-order valence-corrected chi connectivity index (χ1v) is 6.33. The van der Waals surface area contributed by atoms with Crippen LogP contribution >= 0.6 is 0 Å². The van der Waals surface area contributed by atoms with Crippen molar-refractivity contribution in [1.82, 2.24) is 4.98 Å². The number of carbonyl (C=O) groups is 1. The van der Waals surface area contributed by atoms with Crippen LogP contribution in [0.1, 0.15) is 18.6 Å². The molecule has 0 saturated heterocycles. The summed E-state index contributed by atoms with van der Waals surface area (Å²) in [7, 11) is 0. The third-order valence-corrected chi connectivity index (χ3v) is 3.34. The summed E-state index contributed by atoms with van der Waals surface area (Å²) in [6.45, 7) is 1.61. The molecular formula is C16H13NO3. The summed E-state index contributed by atoms with van der Waals surface area (Å²) in [4.78, 5) is 15.3. The van der Waals surface area contributed by atoms with Crippen LogP contribution in [-0.4, -0.2) is 16.1 Å². The molecule has 0 amide bonds. The fourth-order valence-corrected chi connectivity index (χ4v) is 2.17. The lowest BCUT2D eigenvalue weighted by molar-refractivity contribution is -0.138. The zero-order valence-electron chi connectivity index (χ0n) is 10.9. The summed E-state index contributed by atoms with van der Waals surface area (Å²) < 4.78 is 5.69. The Kier molecular flexibility index (Phi) is 2.99. The van der Waals surface area contributed by atoms with Crippen molar-refractivity contribution < 1.29 is 14.3 Å². The van der Waals surface area contributed by atoms with Crippen LogP contribution in [0, 0.1) is 0 Å². The topological polar surface area (TPSA) is 63.3 Å². The van der Waals surface area contributed by atoms with E-state index in [0.29, 0.717) is 11.5 Å². The van der Waals surface area contributed by atoms with Gasteiger partial charge >= 0.3 is 5.97 Å². The van der Waals surface area contributed by atoms with Crippen molar-refractivity contribution in [1.29, 1.82) is 0 Å². The lowest BCUT2D eigenvalue weighted by atomic mass is 10.1. The lowest BCUT2D eigenvalue weighted by Crippen LogP contribution is -2.05. The van der Waals surface area contributed by atoms with Gasteiger partial charge in [-0.05, 0) is 31.2 Å². The highest BCUT2D eigenvalue weighted by molar-refractivity contribution is 5.93. The first kappa shape index (κ1) is 12.4. The molecule has 20 heavy (non-hydrogen) atoms. The fraction of sp³-hybridized carbons (Fsp3) is 0.125. The highest BCUT2D eigenvalue weighted by Gasteiger charge is 2.18. The molecule has 1 unspecified atom stereocenters. The monoisotopic (exact) mass is 267 g/mol. The highest BCUT2D eigenvalue weighted by Crippen LogP contribution is 2.31. The van der Waals surface area contributed by atoms with Crippen molar-refractivity contribution in [3.05, 3.63) is 54.4 Å². The molecule has 0 spiro atoms. The molecule has 0 radical (unpaired) electrons. The largest absolute Gasteiger partial charge is 0.481 e. The molecule has 0 aliphatic rings. The second-order valence-electron chi connectivity index (χ2n) is 4.64. The van der Waals surface area contributed by atoms with Crippen LogP contribution in [0.15, 0.2) is 53.1 Å². The van der Waals surface area contributed by atoms with E-state index in [1.807, 2.05) is 30.3 Å². The molecule has 100 valence electrons. The Bertz CT molecular complexity index is 771. The van der Waals surface area contributed by atoms with Crippen molar-refractivity contribution >= 4 is 16.9 Å². The number of nitrogens with zero attached hydrogens (tertiary/aromatic N) is 1. The van der Waals surface area contributed by atoms with Gasteiger partial charge in [-0.2, -0.15) is 0 Å². The predicted octanol–water partition coefficient (Wildman–Crippen LogP) is 3.68. The van der Waals surface area contributed by atoms with Crippen molar-refractivity contribution in [3.8, 4) is 11.3 Å². The second kappa shape index (κ2) is 4.81. The van der Waals surface area contributed by atoms with Crippen LogP contribution in [0.3, 0.4) is 0 Å². The summed E-state index contributed by atoms with van der Waals surface area (Å²) in [5.74, 6) is -0.442. The molecule has 0 fully saturated rings. The van der Waals surface area contributed by atoms with Crippen LogP contribution in [0.25, 0.3) is 22.2 Å². The van der Waals surface area contributed by atoms with E-state index in [9.17, 15) is 4.79 Å². The van der Waals surface area contributed by atoms with E-state index in [-0.39, 0.29) is 0 Å². The minimum Gasteiger partial charge on any atom is -0.481 e. The molecule has 3 rings (SSSR count). The van der Waals surface area contributed by atoms with Gasteiger partial charge in [0.15, 0.2) is 0 Å². The average Bonchev–Trinajstić information content (AvgIpc) is 2.95. The molecule has 1 atom stereocenters. The molecule has 0 aliphatic heterocycles. The third-order valence-electron chi connectivity index (χ3n) is 3.34. The zero-order valence-corrected chi connectivity index (χ0v) is 10.9. The van der Waals surface area contributed by atoms with E-state index in [1.54, 1.807) is 25.3 Å². The Morgan fingerprint density at radius 3 is 2.85 bits per heavy atom. The van der Waals surface area contributed by atoms with E-state index >= 15 is 0 Å². The Morgan fingerprint density at radius 1 is 1.20 bits per heavy atom. The van der Waals surface area contributed by atoms with Crippen LogP contribution in [0.5, 0.6) is 0 Å². The van der Waals surface area contributed by atoms with Crippen LogP contribution in [0.4, 0.5) is 0 Å². The number of carboxylic acid groups (broad SMARTS) is 1. The van der Waals surface area contributed by atoms with E-state index in [2.05, 4.69) is 4.98 Å². The van der Waals surface area contributed by atoms with Gasteiger partial charge in [0, 0.05) is 17.1 Å². The number of rotatable bonds is 3. The zero-order chi connectivity index (χ0) is 14.1. The first-order valence-electron chi connectivity index (χ1n) is 6.33. The fourth-order valence-electron chi connectivity index (χ4n) is 2.17. The Labute approximate surface area is 115 Å². The molecular weight excluding hydrogens is 254 g/mol. The van der Waals surface area contributed by atoms with E-state index < -0.39 is 11.9 Å². The van der Waals surface area contributed by atoms with Crippen LogP contribution < -0.4 is 0 Å². The number of benzene rings is 1. The Balaban J connectivity index is 2.10. The molecule has 4 nitrogen and oxygen atoms in total. The van der Waals surface area contributed by atoms with Crippen molar-refractivity contribution in [2.24, 2.45) is 0 Å². The predicted molar refractivity (Wildman–Crippen MR) is 75.5 cm³/mol. The molecule has 4 heteroatoms. The summed E-state index contributed by atoms with van der Waals surface area (Å²) in [5, 5.41) is 10.0. The average molecular weight is 267 g/mol. The number of pyridine rings is 1. The molecule has 0 aliphatic carbocycles. The summed E-state index contributed by atoms with van der Waals surface area (Å²) in [6, 6.07) is 13.1. The van der Waals surface area contributed by atoms with Gasteiger partial charge in [0.2, 0.25) is 0 Å². The molecule has 3 aromatic rings. The quantitative estimate of drug-likeness (QED) is 0.786. The minimum atomic E-state index is -0.898. The molecule has 1 aromatic carbocycles. The van der Waals surface area contributed by atoms with Crippen molar-refractivity contribution in [2.75, 3.05) is 0 Å². The van der Waals surface area contributed by atoms with Gasteiger partial charge < -0.3 is 9.52 Å². The van der Waals surface area contributed by atoms with E-state index in [0.717, 1.165) is 16.5 Å². The summed E-state index contributed by atoms with van der Waals surface area (Å²) in [6.07, 6.45) is 1.74. The number of hydrogen-bond donors (Lipinski definition) is 1. The number of hydrogen-bond acceptors (Lipinski definition) is 3. The molecule has 1 N–H and O–H groups in total. The normalized spacial score (nSPS) is 12.4. The van der Waals surface area contributed by atoms with Gasteiger partial charge in [-0.25, -0.2) is 0 Å². The molecule has 2 aromatic heterocycles. The maximum Gasteiger partial charge on any atom is 0.313 e. The highest BCUT2D eigenvalue weighted by atomic mass is 16.4. The first-order chi connectivity index (χ1) is 9.66. The molecule has 0 bridgehead atoms. The number of aromatic nitrogens is 1.